The Kier molecular flexibility index (Phi) is 12.5. The Bertz CT molecular complexity index is 901. The standard InChI is InChI=1S/C25H33NO2.C3H7NS/c1-7-9-19(4)28-23-12-10-21(11-13-23)25(5,6)22-15-18(3)24(27-14-8-2)20(16-22)17-26;1-3-4-5-2/h10-13,15-16,19H,7-9,14H2,1-6H3;3-4H,1H2,2H3. The van der Waals surface area contributed by atoms with E-state index in [1.54, 1.807) is 6.20 Å². The first-order chi connectivity index (χ1) is 15.7. The van der Waals surface area contributed by atoms with Gasteiger partial charge in [0.25, 0.3) is 0 Å². The van der Waals surface area contributed by atoms with Crippen LogP contribution in [0.5, 0.6) is 11.5 Å². The summed E-state index contributed by atoms with van der Waals surface area (Å²) in [5.74, 6) is 1.61. The van der Waals surface area contributed by atoms with Gasteiger partial charge in [-0.25, -0.2) is 0 Å². The predicted octanol–water partition coefficient (Wildman–Crippen LogP) is 7.55. The minimum atomic E-state index is -0.229. The van der Waals surface area contributed by atoms with E-state index in [-0.39, 0.29) is 11.5 Å². The van der Waals surface area contributed by atoms with Crippen LogP contribution in [0.2, 0.25) is 0 Å². The molecule has 1 N–H and O–H groups in total. The average molecular weight is 469 g/mol. The van der Waals surface area contributed by atoms with Gasteiger partial charge in [-0.3, -0.25) is 0 Å². The first kappa shape index (κ1) is 28.5. The molecule has 0 amide bonds. The van der Waals surface area contributed by atoms with E-state index in [0.717, 1.165) is 36.1 Å². The number of nitrogens with zero attached hydrogens (tertiary/aromatic N) is 1. The van der Waals surface area contributed by atoms with Crippen molar-refractivity contribution in [2.24, 2.45) is 0 Å². The van der Waals surface area contributed by atoms with Gasteiger partial charge in [0.15, 0.2) is 0 Å². The molecule has 0 bridgehead atoms. The minimum absolute atomic E-state index is 0.223. The molecule has 0 radical (unpaired) electrons. The molecule has 0 saturated carbocycles. The summed E-state index contributed by atoms with van der Waals surface area (Å²) in [5.41, 5.74) is 3.67. The SMILES string of the molecule is C=CNSC.CCCOc1c(C)cc(C(C)(C)c2ccc(OC(C)CCC)cc2)cc1C#N. The lowest BCUT2D eigenvalue weighted by atomic mass is 9.77. The van der Waals surface area contributed by atoms with Gasteiger partial charge >= 0.3 is 0 Å². The van der Waals surface area contributed by atoms with Crippen LogP contribution in [0, 0.1) is 18.3 Å². The molecular weight excluding hydrogens is 428 g/mol. The smallest absolute Gasteiger partial charge is 0.139 e. The van der Waals surface area contributed by atoms with E-state index in [2.05, 4.69) is 70.2 Å². The molecule has 4 nitrogen and oxygen atoms in total. The van der Waals surface area contributed by atoms with Crippen LogP contribution in [-0.2, 0) is 5.41 Å². The molecule has 2 aromatic rings. The topological polar surface area (TPSA) is 54.3 Å². The van der Waals surface area contributed by atoms with Gasteiger partial charge in [-0.1, -0.05) is 70.8 Å². The second kappa shape index (κ2) is 14.5. The summed E-state index contributed by atoms with van der Waals surface area (Å²) in [4.78, 5) is 0. The highest BCUT2D eigenvalue weighted by molar-refractivity contribution is 7.96. The number of ether oxygens (including phenoxy) is 2. The van der Waals surface area contributed by atoms with Crippen molar-refractivity contribution in [3.8, 4) is 17.6 Å². The summed E-state index contributed by atoms with van der Waals surface area (Å²) in [6.45, 7) is 16.8. The van der Waals surface area contributed by atoms with Crippen molar-refractivity contribution in [1.82, 2.24) is 4.72 Å². The number of benzene rings is 2. The van der Waals surface area contributed by atoms with E-state index in [1.165, 1.54) is 17.5 Å². The van der Waals surface area contributed by atoms with Crippen molar-refractivity contribution in [2.45, 2.75) is 72.3 Å². The first-order valence-corrected chi connectivity index (χ1v) is 12.8. The number of hydrogen-bond donors (Lipinski definition) is 1. The maximum absolute atomic E-state index is 9.62. The van der Waals surface area contributed by atoms with Crippen molar-refractivity contribution >= 4 is 11.9 Å². The molecule has 0 aliphatic rings. The highest BCUT2D eigenvalue weighted by Gasteiger charge is 2.25. The summed E-state index contributed by atoms with van der Waals surface area (Å²) in [6, 6.07) is 14.7. The van der Waals surface area contributed by atoms with Crippen molar-refractivity contribution in [2.75, 3.05) is 12.9 Å². The largest absolute Gasteiger partial charge is 0.492 e. The second-order valence-corrected chi connectivity index (χ2v) is 9.17. The normalized spacial score (nSPS) is 11.5. The lowest BCUT2D eigenvalue weighted by Gasteiger charge is -2.28. The molecule has 1 atom stereocenters. The Labute approximate surface area is 205 Å². The van der Waals surface area contributed by atoms with Gasteiger partial charge in [0.1, 0.15) is 17.6 Å². The summed E-state index contributed by atoms with van der Waals surface area (Å²) in [5, 5.41) is 9.62. The van der Waals surface area contributed by atoms with Crippen LogP contribution in [0.15, 0.2) is 49.2 Å². The summed E-state index contributed by atoms with van der Waals surface area (Å²) >= 11 is 1.53. The van der Waals surface area contributed by atoms with Crippen LogP contribution in [0.3, 0.4) is 0 Å². The van der Waals surface area contributed by atoms with Gasteiger partial charge in [0.05, 0.1) is 18.3 Å². The zero-order valence-electron chi connectivity index (χ0n) is 21.3. The molecule has 180 valence electrons. The van der Waals surface area contributed by atoms with Gasteiger partial charge in [-0.15, -0.1) is 0 Å². The highest BCUT2D eigenvalue weighted by Crippen LogP contribution is 2.36. The molecule has 1 unspecified atom stereocenters. The molecule has 2 rings (SSSR count). The van der Waals surface area contributed by atoms with Crippen LogP contribution in [0.25, 0.3) is 0 Å². The van der Waals surface area contributed by atoms with Gasteiger partial charge in [0, 0.05) is 17.9 Å². The number of aryl methyl sites for hydroxylation is 1. The molecule has 0 aliphatic heterocycles. The van der Waals surface area contributed by atoms with E-state index in [0.29, 0.717) is 17.9 Å². The van der Waals surface area contributed by atoms with Crippen molar-refractivity contribution in [3.05, 3.63) is 71.4 Å². The average Bonchev–Trinajstić information content (AvgIpc) is 2.79. The van der Waals surface area contributed by atoms with E-state index < -0.39 is 0 Å². The van der Waals surface area contributed by atoms with Gasteiger partial charge in [-0.2, -0.15) is 5.26 Å². The minimum Gasteiger partial charge on any atom is -0.492 e. The third-order valence-corrected chi connectivity index (χ3v) is 5.78. The van der Waals surface area contributed by atoms with Crippen molar-refractivity contribution in [1.29, 1.82) is 5.26 Å². The number of nitriles is 1. The quantitative estimate of drug-likeness (QED) is 0.345. The zero-order chi connectivity index (χ0) is 24.9. The van der Waals surface area contributed by atoms with Crippen molar-refractivity contribution in [3.63, 3.8) is 0 Å². The Morgan fingerprint density at radius 1 is 1.15 bits per heavy atom. The van der Waals surface area contributed by atoms with Crippen LogP contribution >= 0.6 is 11.9 Å². The van der Waals surface area contributed by atoms with Crippen molar-refractivity contribution < 1.29 is 9.47 Å². The number of rotatable bonds is 11. The van der Waals surface area contributed by atoms with E-state index in [1.807, 2.05) is 31.4 Å². The second-order valence-electron chi connectivity index (χ2n) is 8.52. The molecular formula is C28H40N2O2S. The first-order valence-electron chi connectivity index (χ1n) is 11.6. The van der Waals surface area contributed by atoms with Crippen LogP contribution in [0.1, 0.15) is 76.1 Å². The molecule has 0 aliphatic carbocycles. The summed E-state index contributed by atoms with van der Waals surface area (Å²) in [7, 11) is 0. The molecule has 0 aromatic heterocycles. The van der Waals surface area contributed by atoms with Crippen LogP contribution in [-0.4, -0.2) is 19.0 Å². The Morgan fingerprint density at radius 3 is 2.30 bits per heavy atom. The van der Waals surface area contributed by atoms with E-state index in [4.69, 9.17) is 9.47 Å². The fraction of sp³-hybridized carbons (Fsp3) is 0.464. The van der Waals surface area contributed by atoms with Gasteiger partial charge < -0.3 is 14.2 Å². The molecule has 0 fully saturated rings. The molecule has 0 spiro atoms. The third kappa shape index (κ3) is 8.70. The lowest BCUT2D eigenvalue weighted by Crippen LogP contribution is -2.20. The zero-order valence-corrected chi connectivity index (χ0v) is 22.1. The Hall–Kier alpha value is -2.58. The third-order valence-electron chi connectivity index (χ3n) is 5.38. The molecule has 2 aromatic carbocycles. The fourth-order valence-corrected chi connectivity index (χ4v) is 3.68. The number of nitrogens with one attached hydrogen (secondary N) is 1. The van der Waals surface area contributed by atoms with Crippen LogP contribution in [0.4, 0.5) is 0 Å². The predicted molar refractivity (Wildman–Crippen MR) is 142 cm³/mol. The Balaban J connectivity index is 0.000000981. The maximum atomic E-state index is 9.62. The molecule has 33 heavy (non-hydrogen) atoms. The summed E-state index contributed by atoms with van der Waals surface area (Å²) < 4.78 is 14.6. The monoisotopic (exact) mass is 468 g/mol. The van der Waals surface area contributed by atoms with Gasteiger partial charge in [-0.05, 0) is 61.6 Å². The van der Waals surface area contributed by atoms with E-state index in [9.17, 15) is 5.26 Å². The van der Waals surface area contributed by atoms with Crippen LogP contribution < -0.4 is 14.2 Å². The summed E-state index contributed by atoms with van der Waals surface area (Å²) in [6.07, 6.45) is 6.90. The molecule has 0 saturated heterocycles. The molecule has 5 heteroatoms. The van der Waals surface area contributed by atoms with E-state index >= 15 is 0 Å². The number of hydrogen-bond acceptors (Lipinski definition) is 5. The highest BCUT2D eigenvalue weighted by atomic mass is 32.2. The van der Waals surface area contributed by atoms with Gasteiger partial charge in [0.2, 0.25) is 0 Å². The fourth-order valence-electron chi connectivity index (χ4n) is 3.51. The maximum Gasteiger partial charge on any atom is 0.139 e. The molecule has 0 heterocycles. The lowest BCUT2D eigenvalue weighted by molar-refractivity contribution is 0.210. The Morgan fingerprint density at radius 2 is 1.82 bits per heavy atom.